The second-order valence-electron chi connectivity index (χ2n) is 15.0. The van der Waals surface area contributed by atoms with Gasteiger partial charge in [0, 0.05) is 34.8 Å². The van der Waals surface area contributed by atoms with Crippen LogP contribution in [0.15, 0.2) is 67.3 Å². The van der Waals surface area contributed by atoms with Crippen LogP contribution in [0.25, 0.3) is 22.2 Å². The van der Waals surface area contributed by atoms with Gasteiger partial charge in [-0.05, 0) is 81.9 Å². The van der Waals surface area contributed by atoms with Crippen LogP contribution in [-0.4, -0.2) is 46.7 Å². The summed E-state index contributed by atoms with van der Waals surface area (Å²) in [6.07, 6.45) is 7.17. The number of aryl methyl sites for hydroxylation is 1. The molecule has 4 bridgehead atoms. The Balaban J connectivity index is 1.38. The lowest BCUT2D eigenvalue weighted by Crippen LogP contribution is -2.48. The van der Waals surface area contributed by atoms with Crippen molar-refractivity contribution in [3.8, 4) is 17.0 Å². The Hall–Kier alpha value is -4.33. The van der Waals surface area contributed by atoms with Gasteiger partial charge in [0.2, 0.25) is 5.91 Å². The van der Waals surface area contributed by atoms with Crippen molar-refractivity contribution in [1.29, 1.82) is 0 Å². The highest BCUT2D eigenvalue weighted by molar-refractivity contribution is 5.98. The third-order valence-corrected chi connectivity index (χ3v) is 11.0. The number of carbonyl (C=O) groups excluding carboxylic acids is 4. The van der Waals surface area contributed by atoms with E-state index in [9.17, 15) is 19.2 Å². The monoisotopic (exact) mass is 678 g/mol. The minimum Gasteiger partial charge on any atom is -0.490 e. The van der Waals surface area contributed by atoms with Crippen LogP contribution in [0.2, 0.25) is 0 Å². The average molecular weight is 679 g/mol. The Morgan fingerprint density at radius 2 is 1.86 bits per heavy atom. The smallest absolute Gasteiger partial charge is 0.306 e. The van der Waals surface area contributed by atoms with E-state index in [4.69, 9.17) is 14.5 Å². The zero-order valence-electron chi connectivity index (χ0n) is 29.6. The first-order chi connectivity index (χ1) is 24.1. The molecule has 2 saturated carbocycles. The van der Waals surface area contributed by atoms with E-state index in [0.717, 1.165) is 59.8 Å². The highest BCUT2D eigenvalue weighted by atomic mass is 16.5. The molecule has 3 aromatic rings. The number of Topliss-reactive ketones (excluding diaryl/α,β-unsaturated/α-hetero) is 2. The molecule has 2 heterocycles. The van der Waals surface area contributed by atoms with Gasteiger partial charge in [0.05, 0.1) is 30.2 Å². The summed E-state index contributed by atoms with van der Waals surface area (Å²) in [5.74, 6) is -2.01. The number of aromatic nitrogens is 1. The predicted octanol–water partition coefficient (Wildman–Crippen LogP) is 7.61. The van der Waals surface area contributed by atoms with Crippen molar-refractivity contribution in [2.24, 2.45) is 29.6 Å². The maximum atomic E-state index is 14.5. The standard InChI is InChI=1S/C42H50N2O6/c1-5-31-25-42(31,27(4)45)44-41(48)34-23-32-22-33(34)40(47)30(17-15-26(2)3)21-39(46)49-19-11-7-8-12-28-16-18-36-35(20-28)38(50-32)24-37(43-36)29-13-9-6-10-14-29/h5-6,9-10,13-14,16,18,20,24,26,30-34H,1,7-8,11-12,15,17,19,21-23,25H2,2-4H3,(H,44,48)/t30-,31-,32+,33?,34-,42+/m1/s1. The Morgan fingerprint density at radius 3 is 2.58 bits per heavy atom. The van der Waals surface area contributed by atoms with Gasteiger partial charge < -0.3 is 14.8 Å². The van der Waals surface area contributed by atoms with Gasteiger partial charge >= 0.3 is 5.97 Å². The molecule has 264 valence electrons. The van der Waals surface area contributed by atoms with Crippen LogP contribution in [0.1, 0.15) is 84.1 Å². The number of esters is 1. The Labute approximate surface area is 295 Å². The van der Waals surface area contributed by atoms with E-state index in [-0.39, 0.29) is 35.8 Å². The third-order valence-electron chi connectivity index (χ3n) is 11.0. The van der Waals surface area contributed by atoms with Crippen LogP contribution < -0.4 is 10.1 Å². The molecule has 6 rings (SSSR count). The molecular formula is C42H50N2O6. The average Bonchev–Trinajstić information content (AvgIpc) is 3.67. The van der Waals surface area contributed by atoms with E-state index in [0.29, 0.717) is 44.0 Å². The molecule has 0 spiro atoms. The number of ketones is 2. The van der Waals surface area contributed by atoms with Crippen LogP contribution in [-0.2, 0) is 30.3 Å². The van der Waals surface area contributed by atoms with Crippen molar-refractivity contribution in [1.82, 2.24) is 10.3 Å². The number of pyridine rings is 1. The molecular weight excluding hydrogens is 628 g/mol. The first kappa shape index (κ1) is 35.5. The molecule has 2 aromatic carbocycles. The van der Waals surface area contributed by atoms with Crippen molar-refractivity contribution >= 4 is 34.3 Å². The number of carbonyl (C=O) groups is 4. The second kappa shape index (κ2) is 15.3. The maximum absolute atomic E-state index is 14.5. The normalized spacial score (nSPS) is 27.2. The predicted molar refractivity (Wildman–Crippen MR) is 193 cm³/mol. The Morgan fingerprint density at radius 1 is 1.06 bits per heavy atom. The fourth-order valence-corrected chi connectivity index (χ4v) is 7.88. The zero-order valence-corrected chi connectivity index (χ0v) is 29.6. The van der Waals surface area contributed by atoms with Crippen LogP contribution >= 0.6 is 0 Å². The number of hydrogen-bond donors (Lipinski definition) is 1. The third kappa shape index (κ3) is 7.85. The fraction of sp³-hybridized carbons (Fsp3) is 0.500. The van der Waals surface area contributed by atoms with Gasteiger partial charge in [-0.2, -0.15) is 0 Å². The Kier molecular flexibility index (Phi) is 10.8. The quantitative estimate of drug-likeness (QED) is 0.193. The highest BCUT2D eigenvalue weighted by Gasteiger charge is 2.59. The first-order valence-corrected chi connectivity index (χ1v) is 18.4. The molecule has 6 atom stereocenters. The lowest BCUT2D eigenvalue weighted by atomic mass is 9.80. The summed E-state index contributed by atoms with van der Waals surface area (Å²) in [5, 5.41) is 3.94. The lowest BCUT2D eigenvalue weighted by Gasteiger charge is -2.25. The minimum atomic E-state index is -0.985. The number of ether oxygens (including phenoxy) is 2. The van der Waals surface area contributed by atoms with Crippen molar-refractivity contribution in [2.75, 3.05) is 6.61 Å². The topological polar surface area (TPSA) is 112 Å². The number of nitrogens with one attached hydrogen (secondary N) is 1. The molecule has 3 aliphatic rings. The maximum Gasteiger partial charge on any atom is 0.306 e. The van der Waals surface area contributed by atoms with E-state index in [2.05, 4.69) is 37.9 Å². The zero-order chi connectivity index (χ0) is 35.4. The van der Waals surface area contributed by atoms with Gasteiger partial charge in [-0.15, -0.1) is 6.58 Å². The molecule has 1 aromatic heterocycles. The summed E-state index contributed by atoms with van der Waals surface area (Å²) >= 11 is 0. The van der Waals surface area contributed by atoms with E-state index in [1.807, 2.05) is 42.5 Å². The van der Waals surface area contributed by atoms with E-state index in [1.165, 1.54) is 6.92 Å². The van der Waals surface area contributed by atoms with Gasteiger partial charge in [0.25, 0.3) is 0 Å². The summed E-state index contributed by atoms with van der Waals surface area (Å²) in [6.45, 7) is 9.86. The molecule has 0 radical (unpaired) electrons. The van der Waals surface area contributed by atoms with Crippen LogP contribution in [0, 0.1) is 29.6 Å². The minimum absolute atomic E-state index is 0.00613. The van der Waals surface area contributed by atoms with Crippen molar-refractivity contribution in [3.05, 3.63) is 72.8 Å². The summed E-state index contributed by atoms with van der Waals surface area (Å²) < 4.78 is 12.5. The number of benzene rings is 2. The van der Waals surface area contributed by atoms with Gasteiger partial charge in [0.15, 0.2) is 5.78 Å². The summed E-state index contributed by atoms with van der Waals surface area (Å²) in [5.41, 5.74) is 2.73. The first-order valence-electron chi connectivity index (χ1n) is 18.4. The van der Waals surface area contributed by atoms with E-state index in [1.54, 1.807) is 6.08 Å². The molecule has 1 amide bonds. The number of cyclic esters (lactones) is 1. The molecule has 2 aliphatic carbocycles. The fourth-order valence-electron chi connectivity index (χ4n) is 7.88. The number of fused-ring (bicyclic) bond motifs is 3. The van der Waals surface area contributed by atoms with Crippen LogP contribution in [0.5, 0.6) is 5.75 Å². The van der Waals surface area contributed by atoms with Crippen LogP contribution in [0.3, 0.4) is 0 Å². The molecule has 8 nitrogen and oxygen atoms in total. The molecule has 1 N–H and O–H groups in total. The Bertz CT molecular complexity index is 1750. The molecule has 1 aliphatic heterocycles. The van der Waals surface area contributed by atoms with E-state index < -0.39 is 29.4 Å². The van der Waals surface area contributed by atoms with E-state index >= 15 is 0 Å². The van der Waals surface area contributed by atoms with Gasteiger partial charge in [-0.25, -0.2) is 4.98 Å². The van der Waals surface area contributed by atoms with Gasteiger partial charge in [-0.3, -0.25) is 19.2 Å². The summed E-state index contributed by atoms with van der Waals surface area (Å²) in [4.78, 5) is 59.5. The SMILES string of the molecule is C=C[C@@H]1C[C@]1(NC(=O)[C@@H]1C[C@@H]2CC1C(=O)[C@H](CCC(C)C)CC(=O)OCCCCCc1ccc3nc(-c4ccccc4)cc(c3c1)O2)C(C)=O. The highest BCUT2D eigenvalue weighted by Crippen LogP contribution is 2.47. The molecule has 0 saturated heterocycles. The molecule has 1 unspecified atom stereocenters. The largest absolute Gasteiger partial charge is 0.490 e. The molecule has 50 heavy (non-hydrogen) atoms. The van der Waals surface area contributed by atoms with Gasteiger partial charge in [-0.1, -0.05) is 62.7 Å². The summed E-state index contributed by atoms with van der Waals surface area (Å²) in [6, 6.07) is 18.2. The van der Waals surface area contributed by atoms with Crippen LogP contribution in [0.4, 0.5) is 0 Å². The van der Waals surface area contributed by atoms with Crippen molar-refractivity contribution < 1.29 is 28.7 Å². The van der Waals surface area contributed by atoms with Gasteiger partial charge in [0.1, 0.15) is 23.2 Å². The van der Waals surface area contributed by atoms with Crippen molar-refractivity contribution in [3.63, 3.8) is 0 Å². The van der Waals surface area contributed by atoms with Crippen molar-refractivity contribution in [2.45, 2.75) is 96.6 Å². The number of nitrogens with zero attached hydrogens (tertiary/aromatic N) is 1. The number of rotatable bonds is 8. The molecule has 2 fully saturated rings. The number of amides is 1. The lowest BCUT2D eigenvalue weighted by molar-refractivity contribution is -0.148. The number of hydrogen-bond acceptors (Lipinski definition) is 7. The second-order valence-corrected chi connectivity index (χ2v) is 15.0. The summed E-state index contributed by atoms with van der Waals surface area (Å²) in [7, 11) is 0. The molecule has 8 heteroatoms.